The summed E-state index contributed by atoms with van der Waals surface area (Å²) in [6, 6.07) is 7.34. The molecule has 1 saturated carbocycles. The summed E-state index contributed by atoms with van der Waals surface area (Å²) >= 11 is 0. The van der Waals surface area contributed by atoms with Crippen molar-refractivity contribution in [2.75, 3.05) is 27.7 Å². The smallest absolute Gasteiger partial charge is 0.123 e. The lowest BCUT2D eigenvalue weighted by Crippen LogP contribution is -2.48. The minimum atomic E-state index is -0.140. The van der Waals surface area contributed by atoms with Gasteiger partial charge in [0.15, 0.2) is 0 Å². The summed E-state index contributed by atoms with van der Waals surface area (Å²) in [5.74, 6) is -0.140. The lowest BCUT2D eigenvalue weighted by atomic mass is 9.62. The second-order valence-electron chi connectivity index (χ2n) is 5.67. The molecule has 0 aliphatic heterocycles. The summed E-state index contributed by atoms with van der Waals surface area (Å²) in [5.41, 5.74) is 1.35. The van der Waals surface area contributed by atoms with Crippen molar-refractivity contribution in [3.63, 3.8) is 0 Å². The Morgan fingerprint density at radius 1 is 1.39 bits per heavy atom. The van der Waals surface area contributed by atoms with E-state index in [4.69, 9.17) is 0 Å². The molecule has 3 heteroatoms. The van der Waals surface area contributed by atoms with Crippen molar-refractivity contribution in [2.45, 2.75) is 25.3 Å². The quantitative estimate of drug-likeness (QED) is 0.864. The number of rotatable bonds is 5. The zero-order valence-electron chi connectivity index (χ0n) is 11.5. The molecule has 0 bridgehead atoms. The van der Waals surface area contributed by atoms with E-state index in [0.717, 1.165) is 12.1 Å². The molecule has 18 heavy (non-hydrogen) atoms. The van der Waals surface area contributed by atoms with E-state index >= 15 is 0 Å². The highest BCUT2D eigenvalue weighted by molar-refractivity contribution is 5.24. The molecule has 0 radical (unpaired) electrons. The molecule has 0 amide bonds. The van der Waals surface area contributed by atoms with Crippen molar-refractivity contribution in [1.29, 1.82) is 0 Å². The Bertz CT molecular complexity index is 399. The zero-order chi connectivity index (χ0) is 13.2. The van der Waals surface area contributed by atoms with E-state index in [1.165, 1.54) is 25.3 Å². The number of nitrogens with zero attached hydrogens (tertiary/aromatic N) is 1. The van der Waals surface area contributed by atoms with Gasteiger partial charge >= 0.3 is 0 Å². The third-order valence-corrected chi connectivity index (χ3v) is 4.14. The number of hydrogen-bond donors (Lipinski definition) is 1. The minimum Gasteiger partial charge on any atom is -0.319 e. The molecule has 0 aromatic heterocycles. The van der Waals surface area contributed by atoms with Crippen molar-refractivity contribution in [2.24, 2.45) is 5.41 Å². The van der Waals surface area contributed by atoms with Gasteiger partial charge in [-0.25, -0.2) is 4.39 Å². The van der Waals surface area contributed by atoms with Crippen molar-refractivity contribution in [3.05, 3.63) is 35.6 Å². The average Bonchev–Trinajstić information content (AvgIpc) is 2.25. The number of nitrogens with one attached hydrogen (secondary N) is 1. The fourth-order valence-corrected chi connectivity index (χ4v) is 3.41. The first-order chi connectivity index (χ1) is 8.59. The van der Waals surface area contributed by atoms with Gasteiger partial charge in [0.2, 0.25) is 0 Å². The van der Waals surface area contributed by atoms with Crippen LogP contribution in [0.25, 0.3) is 0 Å². The molecule has 0 saturated heterocycles. The largest absolute Gasteiger partial charge is 0.319 e. The van der Waals surface area contributed by atoms with Crippen molar-refractivity contribution in [1.82, 2.24) is 10.2 Å². The Morgan fingerprint density at radius 3 is 2.56 bits per heavy atom. The number of benzene rings is 1. The molecule has 0 heterocycles. The molecular formula is C15H23FN2. The zero-order valence-corrected chi connectivity index (χ0v) is 11.5. The lowest BCUT2D eigenvalue weighted by Gasteiger charge is -2.50. The molecule has 2 nitrogen and oxygen atoms in total. The summed E-state index contributed by atoms with van der Waals surface area (Å²) in [7, 11) is 6.18. The molecular weight excluding hydrogens is 227 g/mol. The Hall–Kier alpha value is -0.930. The third kappa shape index (κ3) is 2.43. The van der Waals surface area contributed by atoms with Gasteiger partial charge in [-0.3, -0.25) is 0 Å². The van der Waals surface area contributed by atoms with E-state index in [-0.39, 0.29) is 17.3 Å². The highest BCUT2D eigenvalue weighted by atomic mass is 19.1. The van der Waals surface area contributed by atoms with Crippen LogP contribution in [0, 0.1) is 11.2 Å². The van der Waals surface area contributed by atoms with Crippen LogP contribution >= 0.6 is 0 Å². The van der Waals surface area contributed by atoms with Gasteiger partial charge in [-0.05, 0) is 51.7 Å². The van der Waals surface area contributed by atoms with E-state index in [1.54, 1.807) is 6.07 Å². The molecule has 1 fully saturated rings. The minimum absolute atomic E-state index is 0.140. The molecule has 1 aromatic carbocycles. The summed E-state index contributed by atoms with van der Waals surface area (Å²) in [4.78, 5) is 2.23. The molecule has 1 atom stereocenters. The predicted molar refractivity (Wildman–Crippen MR) is 73.0 cm³/mol. The molecule has 2 rings (SSSR count). The van der Waals surface area contributed by atoms with Crippen LogP contribution < -0.4 is 5.32 Å². The Balaban J connectivity index is 2.33. The van der Waals surface area contributed by atoms with Crippen LogP contribution in [-0.2, 0) is 0 Å². The summed E-state index contributed by atoms with van der Waals surface area (Å²) in [5, 5.41) is 3.31. The van der Waals surface area contributed by atoms with Crippen molar-refractivity contribution < 1.29 is 4.39 Å². The van der Waals surface area contributed by atoms with E-state index in [2.05, 4.69) is 24.3 Å². The maximum atomic E-state index is 13.5. The van der Waals surface area contributed by atoms with Crippen LogP contribution in [0.4, 0.5) is 4.39 Å². The Morgan fingerprint density at radius 2 is 2.11 bits per heavy atom. The fourth-order valence-electron chi connectivity index (χ4n) is 3.41. The van der Waals surface area contributed by atoms with Crippen LogP contribution in [0.3, 0.4) is 0 Å². The van der Waals surface area contributed by atoms with Gasteiger partial charge in [-0.15, -0.1) is 0 Å². The van der Waals surface area contributed by atoms with Gasteiger partial charge in [0.1, 0.15) is 5.82 Å². The van der Waals surface area contributed by atoms with Crippen LogP contribution in [0.5, 0.6) is 0 Å². The Labute approximate surface area is 109 Å². The van der Waals surface area contributed by atoms with Crippen LogP contribution in [0.15, 0.2) is 24.3 Å². The van der Waals surface area contributed by atoms with Gasteiger partial charge in [0, 0.05) is 18.0 Å². The normalized spacial score (nSPS) is 19.6. The van der Waals surface area contributed by atoms with Gasteiger partial charge in [-0.1, -0.05) is 18.6 Å². The second-order valence-corrected chi connectivity index (χ2v) is 5.67. The van der Waals surface area contributed by atoms with Crippen molar-refractivity contribution >= 4 is 0 Å². The molecule has 1 aromatic rings. The lowest BCUT2D eigenvalue weighted by molar-refractivity contribution is 0.0215. The van der Waals surface area contributed by atoms with E-state index in [9.17, 15) is 4.39 Å². The Kier molecular flexibility index (Phi) is 4.03. The first kappa shape index (κ1) is 13.5. The molecule has 1 aliphatic rings. The summed E-state index contributed by atoms with van der Waals surface area (Å²) in [6.45, 7) is 0.992. The topological polar surface area (TPSA) is 15.3 Å². The highest BCUT2D eigenvalue weighted by Crippen LogP contribution is 2.51. The third-order valence-electron chi connectivity index (χ3n) is 4.14. The fraction of sp³-hybridized carbons (Fsp3) is 0.600. The summed E-state index contributed by atoms with van der Waals surface area (Å²) < 4.78 is 13.5. The van der Waals surface area contributed by atoms with Gasteiger partial charge in [-0.2, -0.15) is 0 Å². The monoisotopic (exact) mass is 250 g/mol. The predicted octanol–water partition coefficient (Wildman–Crippen LogP) is 2.82. The first-order valence-corrected chi connectivity index (χ1v) is 6.65. The van der Waals surface area contributed by atoms with Crippen LogP contribution in [0.1, 0.15) is 30.9 Å². The van der Waals surface area contributed by atoms with Crippen LogP contribution in [-0.4, -0.2) is 32.6 Å². The molecule has 1 N–H and O–H groups in total. The number of hydrogen-bond acceptors (Lipinski definition) is 2. The molecule has 0 spiro atoms. The second kappa shape index (κ2) is 5.37. The maximum absolute atomic E-state index is 13.5. The molecule has 100 valence electrons. The highest BCUT2D eigenvalue weighted by Gasteiger charge is 2.45. The van der Waals surface area contributed by atoms with Crippen LogP contribution in [0.2, 0.25) is 0 Å². The first-order valence-electron chi connectivity index (χ1n) is 6.65. The standard InChI is InChI=1S/C15H23FN2/c1-17-11-15(8-5-9-15)14(18(2)3)12-6-4-7-13(16)10-12/h4,6-7,10,14,17H,5,8-9,11H2,1-3H3. The van der Waals surface area contributed by atoms with Crippen molar-refractivity contribution in [3.8, 4) is 0 Å². The average molecular weight is 250 g/mol. The van der Waals surface area contributed by atoms with E-state index in [1.807, 2.05) is 19.2 Å². The van der Waals surface area contributed by atoms with Gasteiger partial charge in [0.25, 0.3) is 0 Å². The molecule has 1 unspecified atom stereocenters. The SMILES string of the molecule is CNCC1(C(c2cccc(F)c2)N(C)C)CCC1. The maximum Gasteiger partial charge on any atom is 0.123 e. The number of halogens is 1. The van der Waals surface area contributed by atoms with Gasteiger partial charge < -0.3 is 10.2 Å². The van der Waals surface area contributed by atoms with Gasteiger partial charge in [0.05, 0.1) is 0 Å². The van der Waals surface area contributed by atoms with E-state index < -0.39 is 0 Å². The van der Waals surface area contributed by atoms with E-state index in [0.29, 0.717) is 0 Å². The molecule has 1 aliphatic carbocycles. The summed E-state index contributed by atoms with van der Waals surface area (Å²) in [6.07, 6.45) is 3.71.